The molecule has 1 aromatic heterocycles. The molecule has 17 atom stereocenters. The van der Waals surface area contributed by atoms with Gasteiger partial charge in [-0.3, -0.25) is 0 Å². The smallest absolute Gasteiger partial charge is 0.335 e. The molecule has 9 N–H and O–H groups in total. The van der Waals surface area contributed by atoms with Crippen LogP contribution in [0.4, 0.5) is 0 Å². The molecule has 0 amide bonds. The van der Waals surface area contributed by atoms with Crippen LogP contribution in [-0.4, -0.2) is 138 Å². The van der Waals surface area contributed by atoms with Crippen LogP contribution in [0.15, 0.2) is 39.3 Å². The van der Waals surface area contributed by atoms with E-state index < -0.39 is 108 Å². The molecule has 3 saturated carbocycles. The maximum atomic E-state index is 12.6. The van der Waals surface area contributed by atoms with Gasteiger partial charge in [-0.25, -0.2) is 4.79 Å². The van der Waals surface area contributed by atoms with Gasteiger partial charge in [0.25, 0.3) is 0 Å². The van der Waals surface area contributed by atoms with Crippen molar-refractivity contribution in [1.82, 2.24) is 0 Å². The van der Waals surface area contributed by atoms with E-state index >= 15 is 0 Å². The number of aliphatic hydroxyl groups is 9. The van der Waals surface area contributed by atoms with Crippen molar-refractivity contribution in [2.45, 2.75) is 150 Å². The maximum Gasteiger partial charge on any atom is 0.335 e. The second-order valence-electron chi connectivity index (χ2n) is 16.1. The zero-order chi connectivity index (χ0) is 36.7. The van der Waals surface area contributed by atoms with Crippen LogP contribution in [0.1, 0.15) is 76.7 Å². The van der Waals surface area contributed by atoms with Crippen LogP contribution < -0.4 is 5.63 Å². The molecule has 0 bridgehead atoms. The highest BCUT2D eigenvalue weighted by Crippen LogP contribution is 2.71. The summed E-state index contributed by atoms with van der Waals surface area (Å²) in [6, 6.07) is 3.16. The van der Waals surface area contributed by atoms with Gasteiger partial charge in [-0.2, -0.15) is 0 Å². The van der Waals surface area contributed by atoms with E-state index in [9.17, 15) is 50.8 Å². The molecule has 1 aromatic rings. The fourth-order valence-corrected chi connectivity index (χ4v) is 10.8. The van der Waals surface area contributed by atoms with E-state index in [0.29, 0.717) is 51.4 Å². The van der Waals surface area contributed by atoms with Gasteiger partial charge in [0.1, 0.15) is 48.8 Å². The standard InChI is InChI=1S/C36H52O15/c1-33-9-6-19(48-31-29(44)27(42)30(22(15-38)50-31)51-32-28(43)26(41)25(40)21(14-37)49-32)13-18(33)5-11-35(45)23(33)8-10-34(2)20(7-12-36(34,35)46)17-3-4-24(39)47-16-17/h3-4,13,16,19-23,25-32,37-38,40-46H,5-12,14-15H2,1-2H3/t19-,20+,21+,22+,23+,25+,26-,27+,28+,29+,30+,31+,32-,33-,34+,35-,36+/m0/s1. The summed E-state index contributed by atoms with van der Waals surface area (Å²) in [6.07, 6.45) is -8.04. The van der Waals surface area contributed by atoms with Crippen LogP contribution in [0.5, 0.6) is 0 Å². The minimum atomic E-state index is -1.77. The lowest BCUT2D eigenvalue weighted by Gasteiger charge is -2.65. The van der Waals surface area contributed by atoms with E-state index in [-0.39, 0.29) is 11.8 Å². The van der Waals surface area contributed by atoms with Gasteiger partial charge in [0.05, 0.1) is 36.8 Å². The first kappa shape index (κ1) is 37.5. The van der Waals surface area contributed by atoms with Crippen LogP contribution in [-0.2, 0) is 18.9 Å². The Morgan fingerprint density at radius 2 is 1.47 bits per heavy atom. The van der Waals surface area contributed by atoms with Crippen molar-refractivity contribution in [3.05, 3.63) is 46.0 Å². The highest BCUT2D eigenvalue weighted by molar-refractivity contribution is 5.35. The molecule has 0 spiro atoms. The van der Waals surface area contributed by atoms with Gasteiger partial charge in [-0.15, -0.1) is 0 Å². The Hall–Kier alpha value is -1.83. The highest BCUT2D eigenvalue weighted by Gasteiger charge is 2.73. The van der Waals surface area contributed by atoms with Gasteiger partial charge < -0.3 is 69.3 Å². The Bertz CT molecular complexity index is 1490. The fourth-order valence-electron chi connectivity index (χ4n) is 10.8. The molecule has 15 nitrogen and oxygen atoms in total. The Kier molecular flexibility index (Phi) is 9.91. The summed E-state index contributed by atoms with van der Waals surface area (Å²) in [7, 11) is 0. The third-order valence-corrected chi connectivity index (χ3v) is 13.8. The van der Waals surface area contributed by atoms with Crippen LogP contribution in [0.2, 0.25) is 0 Å². The topological polar surface area (TPSA) is 249 Å². The van der Waals surface area contributed by atoms with E-state index in [0.717, 1.165) is 11.1 Å². The average Bonchev–Trinajstić information content (AvgIpc) is 3.40. The van der Waals surface area contributed by atoms with Crippen LogP contribution in [0, 0.1) is 16.7 Å². The Labute approximate surface area is 295 Å². The summed E-state index contributed by atoms with van der Waals surface area (Å²) in [5.74, 6) is -0.304. The summed E-state index contributed by atoms with van der Waals surface area (Å²) in [6.45, 7) is 2.82. The van der Waals surface area contributed by atoms with Gasteiger partial charge in [0.15, 0.2) is 12.6 Å². The van der Waals surface area contributed by atoms with Gasteiger partial charge in [-0.05, 0) is 80.2 Å². The molecule has 15 heteroatoms. The van der Waals surface area contributed by atoms with Crippen molar-refractivity contribution in [1.29, 1.82) is 0 Å². The van der Waals surface area contributed by atoms with Crippen LogP contribution >= 0.6 is 0 Å². The minimum absolute atomic E-state index is 0.0760. The van der Waals surface area contributed by atoms with Crippen LogP contribution in [0.3, 0.4) is 0 Å². The Morgan fingerprint density at radius 1 is 0.784 bits per heavy atom. The molecule has 2 saturated heterocycles. The zero-order valence-corrected chi connectivity index (χ0v) is 28.9. The van der Waals surface area contributed by atoms with Crippen molar-refractivity contribution in [2.24, 2.45) is 16.7 Å². The van der Waals surface area contributed by atoms with Gasteiger partial charge in [0.2, 0.25) is 0 Å². The van der Waals surface area contributed by atoms with E-state index in [4.69, 9.17) is 23.4 Å². The maximum absolute atomic E-state index is 12.6. The number of rotatable bonds is 7. The molecule has 6 aliphatic rings. The summed E-state index contributed by atoms with van der Waals surface area (Å²) >= 11 is 0. The molecule has 5 fully saturated rings. The summed E-state index contributed by atoms with van der Waals surface area (Å²) in [5, 5.41) is 97.5. The van der Waals surface area contributed by atoms with Gasteiger partial charge >= 0.3 is 5.63 Å². The minimum Gasteiger partial charge on any atom is -0.431 e. The monoisotopic (exact) mass is 724 g/mol. The SMILES string of the molecule is C[C@]12CC[C@H](O[C@@H]3O[C@H](CO)[C@@H](O[C@@H]4O[C@H](CO)[C@@H](O)[C@H](O)[C@H]4O)[C@H](O)[C@H]3O)C=C1CC[C@]1(O)[C@@H]2CC[C@]2(C)[C@@H](c3ccc(=O)oc3)CC[C@@]21O. The number of hydrogen-bond donors (Lipinski definition) is 9. The Morgan fingerprint density at radius 3 is 2.16 bits per heavy atom. The molecule has 286 valence electrons. The molecular formula is C36H52O15. The number of fused-ring (bicyclic) bond motifs is 5. The lowest BCUT2D eigenvalue weighted by atomic mass is 9.43. The fraction of sp³-hybridized carbons (Fsp3) is 0.806. The first-order valence-electron chi connectivity index (χ1n) is 18.1. The molecular weight excluding hydrogens is 672 g/mol. The second kappa shape index (κ2) is 13.5. The largest absolute Gasteiger partial charge is 0.431 e. The number of allylic oxidation sites excluding steroid dienone is 1. The summed E-state index contributed by atoms with van der Waals surface area (Å²) in [5.41, 5.74) is -2.27. The second-order valence-corrected chi connectivity index (χ2v) is 16.1. The van der Waals surface area contributed by atoms with Gasteiger partial charge in [-0.1, -0.05) is 25.5 Å². The molecule has 7 rings (SSSR count). The van der Waals surface area contributed by atoms with E-state index in [2.05, 4.69) is 6.92 Å². The van der Waals surface area contributed by atoms with Crippen molar-refractivity contribution in [2.75, 3.05) is 13.2 Å². The molecule has 0 aromatic carbocycles. The first-order valence-corrected chi connectivity index (χ1v) is 18.1. The van der Waals surface area contributed by atoms with E-state index in [1.165, 1.54) is 12.3 Å². The lowest BCUT2D eigenvalue weighted by Crippen LogP contribution is -2.71. The molecule has 51 heavy (non-hydrogen) atoms. The molecule has 3 heterocycles. The number of aliphatic hydroxyl groups excluding tert-OH is 7. The van der Waals surface area contributed by atoms with Crippen molar-refractivity contribution >= 4 is 0 Å². The number of ether oxygens (including phenoxy) is 4. The van der Waals surface area contributed by atoms with Crippen molar-refractivity contribution in [3.8, 4) is 0 Å². The van der Waals surface area contributed by atoms with Crippen LogP contribution in [0.25, 0.3) is 0 Å². The highest BCUT2D eigenvalue weighted by atomic mass is 16.7. The average molecular weight is 725 g/mol. The third-order valence-electron chi connectivity index (χ3n) is 13.8. The quantitative estimate of drug-likeness (QED) is 0.152. The van der Waals surface area contributed by atoms with Crippen molar-refractivity contribution < 1.29 is 69.3 Å². The molecule has 0 unspecified atom stereocenters. The molecule has 2 aliphatic heterocycles. The normalized spacial score (nSPS) is 51.3. The number of hydrogen-bond acceptors (Lipinski definition) is 15. The molecule has 4 aliphatic carbocycles. The van der Waals surface area contributed by atoms with E-state index in [1.807, 2.05) is 13.0 Å². The first-order chi connectivity index (χ1) is 24.1. The summed E-state index contributed by atoms with van der Waals surface area (Å²) in [4.78, 5) is 11.6. The third kappa shape index (κ3) is 5.70. The lowest BCUT2D eigenvalue weighted by molar-refractivity contribution is -0.361. The Balaban J connectivity index is 1.05. The molecule has 0 radical (unpaired) electrons. The zero-order valence-electron chi connectivity index (χ0n) is 28.9. The summed E-state index contributed by atoms with van der Waals surface area (Å²) < 4.78 is 28.3. The predicted molar refractivity (Wildman–Crippen MR) is 174 cm³/mol. The van der Waals surface area contributed by atoms with Gasteiger partial charge in [0, 0.05) is 11.5 Å². The van der Waals surface area contributed by atoms with Crippen molar-refractivity contribution in [3.63, 3.8) is 0 Å². The van der Waals surface area contributed by atoms with E-state index in [1.54, 1.807) is 6.07 Å². The predicted octanol–water partition coefficient (Wildman–Crippen LogP) is -1.07.